The van der Waals surface area contributed by atoms with Crippen LogP contribution in [0.3, 0.4) is 0 Å². The quantitative estimate of drug-likeness (QED) is 0.380. The van der Waals surface area contributed by atoms with Gasteiger partial charge in [-0.05, 0) is 47.1 Å². The van der Waals surface area contributed by atoms with Gasteiger partial charge in [0.2, 0.25) is 0 Å². The highest BCUT2D eigenvalue weighted by Gasteiger charge is 2.16. The lowest BCUT2D eigenvalue weighted by Gasteiger charge is -2.12. The van der Waals surface area contributed by atoms with Crippen molar-refractivity contribution in [2.45, 2.75) is 11.8 Å². The van der Waals surface area contributed by atoms with Crippen LogP contribution in [-0.2, 0) is 4.79 Å². The first-order valence-corrected chi connectivity index (χ1v) is 8.87. The molecule has 8 heteroatoms. The van der Waals surface area contributed by atoms with E-state index < -0.39 is 17.6 Å². The first-order chi connectivity index (χ1) is 11.9. The fourth-order valence-electron chi connectivity index (χ4n) is 1.85. The average Bonchev–Trinajstić information content (AvgIpc) is 2.59. The van der Waals surface area contributed by atoms with Crippen molar-refractivity contribution in [3.05, 3.63) is 52.0 Å². The van der Waals surface area contributed by atoms with Crippen LogP contribution in [0.1, 0.15) is 12.5 Å². The Morgan fingerprint density at radius 3 is 2.68 bits per heavy atom. The van der Waals surface area contributed by atoms with Gasteiger partial charge in [0.25, 0.3) is 0 Å². The van der Waals surface area contributed by atoms with Crippen molar-refractivity contribution < 1.29 is 23.0 Å². The number of carbonyl (C=O) groups is 1. The van der Waals surface area contributed by atoms with Gasteiger partial charge in [-0.1, -0.05) is 0 Å². The van der Waals surface area contributed by atoms with E-state index in [4.69, 9.17) is 14.7 Å². The summed E-state index contributed by atoms with van der Waals surface area (Å²) in [6, 6.07) is 8.34. The van der Waals surface area contributed by atoms with E-state index in [0.29, 0.717) is 21.5 Å². The summed E-state index contributed by atoms with van der Waals surface area (Å²) < 4.78 is 37.1. The number of nitriles is 1. The van der Waals surface area contributed by atoms with Crippen LogP contribution in [0.2, 0.25) is 0 Å². The molecule has 0 bridgehead atoms. The third kappa shape index (κ3) is 5.18. The second kappa shape index (κ2) is 8.83. The molecule has 0 aromatic heterocycles. The number of esters is 1. The summed E-state index contributed by atoms with van der Waals surface area (Å²) >= 11 is 4.26. The average molecular weight is 428 g/mol. The zero-order valence-electron chi connectivity index (χ0n) is 13.0. The van der Waals surface area contributed by atoms with Gasteiger partial charge in [0.15, 0.2) is 23.1 Å². The van der Waals surface area contributed by atoms with Crippen molar-refractivity contribution >= 4 is 33.7 Å². The van der Waals surface area contributed by atoms with Gasteiger partial charge in [0, 0.05) is 11.0 Å². The molecule has 0 atom stereocenters. The predicted octanol–water partition coefficient (Wildman–Crippen LogP) is 4.70. The highest BCUT2D eigenvalue weighted by molar-refractivity contribution is 9.10. The highest BCUT2D eigenvalue weighted by Crippen LogP contribution is 2.37. The first-order valence-electron chi connectivity index (χ1n) is 7.09. The van der Waals surface area contributed by atoms with Crippen molar-refractivity contribution in [1.29, 1.82) is 5.26 Å². The van der Waals surface area contributed by atoms with Crippen LogP contribution in [0, 0.1) is 23.0 Å². The molecule has 0 aliphatic heterocycles. The minimum absolute atomic E-state index is 0.108. The second-order valence-corrected chi connectivity index (χ2v) is 6.57. The summed E-state index contributed by atoms with van der Waals surface area (Å²) in [4.78, 5) is 12.5. The Hall–Kier alpha value is -2.11. The van der Waals surface area contributed by atoms with E-state index in [1.807, 2.05) is 6.07 Å². The summed E-state index contributed by atoms with van der Waals surface area (Å²) in [6.07, 6.45) is 0. The van der Waals surface area contributed by atoms with Crippen LogP contribution in [-0.4, -0.2) is 18.3 Å². The van der Waals surface area contributed by atoms with Crippen LogP contribution >= 0.6 is 27.7 Å². The molecule has 0 aliphatic rings. The molecule has 0 N–H and O–H groups in total. The Kier molecular flexibility index (Phi) is 6.79. The second-order valence-electron chi connectivity index (χ2n) is 4.67. The standard InChI is InChI=1S/C17H12BrF2NO3S/c1-2-23-15-6-10(8-21)5-12(18)17(15)24-16(22)9-25-11-3-4-13(19)14(20)7-11/h3-7H,2,9H2,1H3. The lowest BCUT2D eigenvalue weighted by molar-refractivity contribution is -0.131. The number of carbonyl (C=O) groups excluding carboxylic acids is 1. The molecule has 0 unspecified atom stereocenters. The zero-order chi connectivity index (χ0) is 18.4. The summed E-state index contributed by atoms with van der Waals surface area (Å²) in [5.74, 6) is -2.21. The Morgan fingerprint density at radius 2 is 2.04 bits per heavy atom. The SMILES string of the molecule is CCOc1cc(C#N)cc(Br)c1OC(=O)CSc1ccc(F)c(F)c1. The third-order valence-electron chi connectivity index (χ3n) is 2.90. The number of halogens is 3. The molecule has 2 aromatic carbocycles. The summed E-state index contributed by atoms with van der Waals surface area (Å²) in [5, 5.41) is 8.98. The summed E-state index contributed by atoms with van der Waals surface area (Å²) in [6.45, 7) is 2.09. The Balaban J connectivity index is 2.09. The molecule has 0 fully saturated rings. The van der Waals surface area contributed by atoms with Gasteiger partial charge >= 0.3 is 5.97 Å². The molecule has 2 rings (SSSR count). The molecule has 0 heterocycles. The topological polar surface area (TPSA) is 59.3 Å². The van der Waals surface area contributed by atoms with Crippen LogP contribution in [0.4, 0.5) is 8.78 Å². The van der Waals surface area contributed by atoms with E-state index in [-0.39, 0.29) is 17.3 Å². The minimum Gasteiger partial charge on any atom is -0.490 e. The number of hydrogen-bond donors (Lipinski definition) is 0. The number of benzene rings is 2. The van der Waals surface area contributed by atoms with Crippen molar-refractivity contribution in [3.63, 3.8) is 0 Å². The first kappa shape index (κ1) is 19.2. The molecule has 0 saturated heterocycles. The largest absolute Gasteiger partial charge is 0.490 e. The van der Waals surface area contributed by atoms with E-state index in [2.05, 4.69) is 15.9 Å². The molecular weight excluding hydrogens is 416 g/mol. The smallest absolute Gasteiger partial charge is 0.321 e. The van der Waals surface area contributed by atoms with Gasteiger partial charge in [-0.25, -0.2) is 8.78 Å². The molecule has 0 saturated carbocycles. The van der Waals surface area contributed by atoms with E-state index in [9.17, 15) is 13.6 Å². The molecule has 130 valence electrons. The van der Waals surface area contributed by atoms with Gasteiger partial charge in [-0.3, -0.25) is 4.79 Å². The maximum Gasteiger partial charge on any atom is 0.321 e. The fourth-order valence-corrected chi connectivity index (χ4v) is 3.06. The van der Waals surface area contributed by atoms with Gasteiger partial charge < -0.3 is 9.47 Å². The lowest BCUT2D eigenvalue weighted by atomic mass is 10.2. The molecular formula is C17H12BrF2NO3S. The van der Waals surface area contributed by atoms with Gasteiger partial charge in [0.05, 0.1) is 28.5 Å². The molecule has 25 heavy (non-hydrogen) atoms. The Labute approximate surface area is 155 Å². The molecule has 0 aliphatic carbocycles. The van der Waals surface area contributed by atoms with Crippen molar-refractivity contribution in [2.24, 2.45) is 0 Å². The summed E-state index contributed by atoms with van der Waals surface area (Å²) in [5.41, 5.74) is 0.353. The maximum atomic E-state index is 13.2. The monoisotopic (exact) mass is 427 g/mol. The molecule has 2 aromatic rings. The number of thioether (sulfide) groups is 1. The lowest BCUT2D eigenvalue weighted by Crippen LogP contribution is -2.12. The maximum absolute atomic E-state index is 13.2. The third-order valence-corrected chi connectivity index (χ3v) is 4.46. The molecule has 4 nitrogen and oxygen atoms in total. The predicted molar refractivity (Wildman–Crippen MR) is 92.7 cm³/mol. The van der Waals surface area contributed by atoms with Crippen LogP contribution in [0.15, 0.2) is 39.7 Å². The Bertz CT molecular complexity index is 839. The van der Waals surface area contributed by atoms with Crippen molar-refractivity contribution in [2.75, 3.05) is 12.4 Å². The van der Waals surface area contributed by atoms with Crippen LogP contribution in [0.25, 0.3) is 0 Å². The fraction of sp³-hybridized carbons (Fsp3) is 0.176. The summed E-state index contributed by atoms with van der Waals surface area (Å²) in [7, 11) is 0. The van der Waals surface area contributed by atoms with E-state index >= 15 is 0 Å². The number of rotatable bonds is 6. The molecule has 0 amide bonds. The number of nitrogens with zero attached hydrogens (tertiary/aromatic N) is 1. The normalized spacial score (nSPS) is 10.2. The van der Waals surface area contributed by atoms with Crippen LogP contribution < -0.4 is 9.47 Å². The minimum atomic E-state index is -0.980. The molecule has 0 radical (unpaired) electrons. The van der Waals surface area contributed by atoms with E-state index in [1.165, 1.54) is 18.2 Å². The van der Waals surface area contributed by atoms with E-state index in [0.717, 1.165) is 23.9 Å². The number of hydrogen-bond acceptors (Lipinski definition) is 5. The van der Waals surface area contributed by atoms with Crippen molar-refractivity contribution in [3.8, 4) is 17.6 Å². The highest BCUT2D eigenvalue weighted by atomic mass is 79.9. The van der Waals surface area contributed by atoms with Gasteiger partial charge in [-0.15, -0.1) is 11.8 Å². The Morgan fingerprint density at radius 1 is 1.28 bits per heavy atom. The van der Waals surface area contributed by atoms with Gasteiger partial charge in [0.1, 0.15) is 0 Å². The number of ether oxygens (including phenoxy) is 2. The molecule has 0 spiro atoms. The zero-order valence-corrected chi connectivity index (χ0v) is 15.4. The van der Waals surface area contributed by atoms with E-state index in [1.54, 1.807) is 6.92 Å². The van der Waals surface area contributed by atoms with Gasteiger partial charge in [-0.2, -0.15) is 5.26 Å². The van der Waals surface area contributed by atoms with Crippen LogP contribution in [0.5, 0.6) is 11.5 Å². The van der Waals surface area contributed by atoms with Crippen molar-refractivity contribution in [1.82, 2.24) is 0 Å².